The van der Waals surface area contributed by atoms with Crippen molar-refractivity contribution in [1.29, 1.82) is 0 Å². The molecule has 0 aliphatic carbocycles. The van der Waals surface area contributed by atoms with Gasteiger partial charge in [-0.3, -0.25) is 4.90 Å². The van der Waals surface area contributed by atoms with Crippen molar-refractivity contribution in [3.63, 3.8) is 0 Å². The quantitative estimate of drug-likeness (QED) is 0.614. The summed E-state index contributed by atoms with van der Waals surface area (Å²) in [5.41, 5.74) is 0. The lowest BCUT2D eigenvalue weighted by atomic mass is 10.0. The van der Waals surface area contributed by atoms with Crippen LogP contribution in [0.1, 0.15) is 47.5 Å². The molecule has 0 spiro atoms. The predicted octanol–water partition coefficient (Wildman–Crippen LogP) is 2.90. The predicted molar refractivity (Wildman–Crippen MR) is 54.3 cm³/mol. The van der Waals surface area contributed by atoms with Crippen molar-refractivity contribution in [2.45, 2.75) is 65.6 Å². The molecule has 0 aromatic rings. The summed E-state index contributed by atoms with van der Waals surface area (Å²) in [4.78, 5) is 2.69. The highest BCUT2D eigenvalue weighted by Crippen LogP contribution is 2.30. The summed E-state index contributed by atoms with van der Waals surface area (Å²) < 4.78 is 0. The van der Waals surface area contributed by atoms with Crippen LogP contribution in [-0.2, 0) is 0 Å². The van der Waals surface area contributed by atoms with Crippen molar-refractivity contribution in [2.24, 2.45) is 5.92 Å². The summed E-state index contributed by atoms with van der Waals surface area (Å²) in [6.45, 7) is 11.7. The van der Waals surface area contributed by atoms with E-state index in [0.717, 1.165) is 24.0 Å². The van der Waals surface area contributed by atoms with E-state index in [1.807, 2.05) is 0 Å². The maximum atomic E-state index is 2.69. The molecule has 0 aromatic heterocycles. The van der Waals surface area contributed by atoms with Gasteiger partial charge in [0.2, 0.25) is 0 Å². The smallest absolute Gasteiger partial charge is 0.0124 e. The normalized spacial score (nSPS) is 32.2. The molecule has 0 unspecified atom stereocenters. The highest BCUT2D eigenvalue weighted by molar-refractivity contribution is 4.88. The second kappa shape index (κ2) is 3.78. The van der Waals surface area contributed by atoms with Gasteiger partial charge in [0.05, 0.1) is 0 Å². The molecule has 1 saturated heterocycles. The third-order valence-electron chi connectivity index (χ3n) is 3.14. The molecule has 72 valence electrons. The van der Waals surface area contributed by atoms with Gasteiger partial charge in [0.25, 0.3) is 0 Å². The van der Waals surface area contributed by atoms with E-state index in [1.54, 1.807) is 0 Å². The van der Waals surface area contributed by atoms with Gasteiger partial charge in [0.15, 0.2) is 0 Å². The Morgan fingerprint density at radius 2 is 1.67 bits per heavy atom. The Morgan fingerprint density at radius 3 is 2.00 bits per heavy atom. The summed E-state index contributed by atoms with van der Waals surface area (Å²) in [5.74, 6) is 0.817. The van der Waals surface area contributed by atoms with Gasteiger partial charge in [-0.15, -0.1) is 0 Å². The fourth-order valence-corrected chi connectivity index (χ4v) is 2.61. The molecule has 0 aromatic carbocycles. The third-order valence-corrected chi connectivity index (χ3v) is 3.14. The van der Waals surface area contributed by atoms with Crippen LogP contribution in [0.2, 0.25) is 0 Å². The third kappa shape index (κ3) is 1.82. The molecule has 2 atom stereocenters. The number of hydrogen-bond donors (Lipinski definition) is 0. The van der Waals surface area contributed by atoms with E-state index in [0.29, 0.717) is 0 Å². The lowest BCUT2D eigenvalue weighted by Crippen LogP contribution is -2.42. The van der Waals surface area contributed by atoms with Crippen molar-refractivity contribution < 1.29 is 0 Å². The van der Waals surface area contributed by atoms with E-state index in [2.05, 4.69) is 39.5 Å². The number of rotatable bonds is 2. The molecule has 1 rings (SSSR count). The molecular weight excluding hydrogens is 146 g/mol. The van der Waals surface area contributed by atoms with Crippen LogP contribution < -0.4 is 0 Å². The fraction of sp³-hybridized carbons (Fsp3) is 1.00. The SMILES string of the molecule is CC(C)[C@H]1CC[C@H](C)N1C(C)C. The molecule has 12 heavy (non-hydrogen) atoms. The lowest BCUT2D eigenvalue weighted by molar-refractivity contribution is 0.127. The lowest BCUT2D eigenvalue weighted by Gasteiger charge is -2.34. The van der Waals surface area contributed by atoms with Gasteiger partial charge in [0.1, 0.15) is 0 Å². The Kier molecular flexibility index (Phi) is 3.16. The van der Waals surface area contributed by atoms with Crippen molar-refractivity contribution >= 4 is 0 Å². The minimum absolute atomic E-state index is 0.717. The highest BCUT2D eigenvalue weighted by Gasteiger charge is 2.33. The zero-order chi connectivity index (χ0) is 9.30. The van der Waals surface area contributed by atoms with Crippen LogP contribution in [0.4, 0.5) is 0 Å². The van der Waals surface area contributed by atoms with E-state index >= 15 is 0 Å². The molecule has 0 N–H and O–H groups in total. The Morgan fingerprint density at radius 1 is 1.08 bits per heavy atom. The zero-order valence-electron chi connectivity index (χ0n) is 9.17. The first-order valence-electron chi connectivity index (χ1n) is 5.31. The summed E-state index contributed by atoms with van der Waals surface area (Å²) >= 11 is 0. The molecule has 0 amide bonds. The number of hydrogen-bond acceptors (Lipinski definition) is 1. The first-order valence-corrected chi connectivity index (χ1v) is 5.31. The second-order valence-corrected chi connectivity index (χ2v) is 4.78. The second-order valence-electron chi connectivity index (χ2n) is 4.78. The van der Waals surface area contributed by atoms with Crippen molar-refractivity contribution in [1.82, 2.24) is 4.90 Å². The molecule has 0 radical (unpaired) electrons. The van der Waals surface area contributed by atoms with E-state index in [1.165, 1.54) is 12.8 Å². The van der Waals surface area contributed by atoms with E-state index < -0.39 is 0 Å². The number of likely N-dealkylation sites (tertiary alicyclic amines) is 1. The topological polar surface area (TPSA) is 3.24 Å². The monoisotopic (exact) mass is 169 g/mol. The maximum Gasteiger partial charge on any atom is 0.0124 e. The van der Waals surface area contributed by atoms with Crippen LogP contribution in [0, 0.1) is 5.92 Å². The van der Waals surface area contributed by atoms with Gasteiger partial charge in [0, 0.05) is 18.1 Å². The molecule has 1 aliphatic heterocycles. The Bertz CT molecular complexity index is 140. The maximum absolute atomic E-state index is 2.69. The molecule has 1 aliphatic rings. The summed E-state index contributed by atoms with van der Waals surface area (Å²) in [6, 6.07) is 2.35. The van der Waals surface area contributed by atoms with Gasteiger partial charge < -0.3 is 0 Å². The van der Waals surface area contributed by atoms with E-state index in [4.69, 9.17) is 0 Å². The molecule has 0 bridgehead atoms. The Labute approximate surface area is 77.1 Å². The van der Waals surface area contributed by atoms with Crippen molar-refractivity contribution in [2.75, 3.05) is 0 Å². The minimum atomic E-state index is 0.717. The molecule has 1 fully saturated rings. The fourth-order valence-electron chi connectivity index (χ4n) is 2.61. The Balaban J connectivity index is 2.64. The van der Waals surface area contributed by atoms with Crippen LogP contribution in [0.25, 0.3) is 0 Å². The number of nitrogens with zero attached hydrogens (tertiary/aromatic N) is 1. The standard InChI is InChI=1S/C11H23N/c1-8(2)11-7-6-10(5)12(11)9(3)4/h8-11H,6-7H2,1-5H3/t10-,11+/m0/s1. The summed E-state index contributed by atoms with van der Waals surface area (Å²) in [5, 5.41) is 0. The average molecular weight is 169 g/mol. The zero-order valence-corrected chi connectivity index (χ0v) is 9.17. The van der Waals surface area contributed by atoms with Gasteiger partial charge >= 0.3 is 0 Å². The van der Waals surface area contributed by atoms with E-state index in [9.17, 15) is 0 Å². The van der Waals surface area contributed by atoms with Crippen molar-refractivity contribution in [3.8, 4) is 0 Å². The largest absolute Gasteiger partial charge is 0.295 e. The van der Waals surface area contributed by atoms with Gasteiger partial charge in [-0.2, -0.15) is 0 Å². The first-order chi connectivity index (χ1) is 5.54. The Hall–Kier alpha value is -0.0400. The van der Waals surface area contributed by atoms with Crippen LogP contribution in [0.3, 0.4) is 0 Å². The summed E-state index contributed by atoms with van der Waals surface area (Å²) in [7, 11) is 0. The van der Waals surface area contributed by atoms with E-state index in [-0.39, 0.29) is 0 Å². The van der Waals surface area contributed by atoms with Gasteiger partial charge in [-0.1, -0.05) is 13.8 Å². The minimum Gasteiger partial charge on any atom is -0.295 e. The van der Waals surface area contributed by atoms with Crippen LogP contribution in [0.15, 0.2) is 0 Å². The summed E-state index contributed by atoms with van der Waals surface area (Å²) in [6.07, 6.45) is 2.79. The molecule has 1 heterocycles. The van der Waals surface area contributed by atoms with Crippen molar-refractivity contribution in [3.05, 3.63) is 0 Å². The van der Waals surface area contributed by atoms with Gasteiger partial charge in [-0.05, 0) is 39.5 Å². The van der Waals surface area contributed by atoms with Crippen LogP contribution >= 0.6 is 0 Å². The van der Waals surface area contributed by atoms with Crippen LogP contribution in [-0.4, -0.2) is 23.0 Å². The molecule has 1 heteroatoms. The highest BCUT2D eigenvalue weighted by atomic mass is 15.2. The molecule has 1 nitrogen and oxygen atoms in total. The average Bonchev–Trinajstić information content (AvgIpc) is 2.30. The van der Waals surface area contributed by atoms with Gasteiger partial charge in [-0.25, -0.2) is 0 Å². The molecule has 0 saturated carbocycles. The van der Waals surface area contributed by atoms with Crippen LogP contribution in [0.5, 0.6) is 0 Å². The molecular formula is C11H23N. The first kappa shape index (κ1) is 10.0.